The predicted octanol–water partition coefficient (Wildman–Crippen LogP) is 5.65. The van der Waals surface area contributed by atoms with E-state index < -0.39 is 0 Å². The van der Waals surface area contributed by atoms with Crippen molar-refractivity contribution in [1.29, 1.82) is 0 Å². The molecule has 1 fully saturated rings. The SMILES string of the molecule is c1ccc(CCC2(COc3ccccc3)CCCCC2)cc1. The average molecular weight is 294 g/mol. The smallest absolute Gasteiger partial charge is 0.119 e. The highest BCUT2D eigenvalue weighted by Crippen LogP contribution is 2.40. The van der Waals surface area contributed by atoms with Crippen LogP contribution in [0.5, 0.6) is 5.75 Å². The standard InChI is InChI=1S/C21H26O/c1-4-10-19(11-5-1)14-17-21(15-8-3-9-16-21)18-22-20-12-6-2-7-13-20/h1-2,4-7,10-13H,3,8-9,14-18H2. The lowest BCUT2D eigenvalue weighted by Crippen LogP contribution is -2.31. The van der Waals surface area contributed by atoms with Gasteiger partial charge in [-0.3, -0.25) is 0 Å². The molecule has 2 aromatic rings. The molecule has 0 atom stereocenters. The Balaban J connectivity index is 1.62. The minimum absolute atomic E-state index is 0.365. The molecule has 1 aliphatic rings. The van der Waals surface area contributed by atoms with Crippen LogP contribution in [0.2, 0.25) is 0 Å². The molecule has 0 N–H and O–H groups in total. The van der Waals surface area contributed by atoms with E-state index in [1.54, 1.807) is 0 Å². The topological polar surface area (TPSA) is 9.23 Å². The number of rotatable bonds is 6. The van der Waals surface area contributed by atoms with E-state index in [0.29, 0.717) is 5.41 Å². The normalized spacial score (nSPS) is 17.1. The third-order valence-corrected chi connectivity index (χ3v) is 4.99. The van der Waals surface area contributed by atoms with Crippen molar-refractivity contribution in [3.63, 3.8) is 0 Å². The summed E-state index contributed by atoms with van der Waals surface area (Å²) >= 11 is 0. The van der Waals surface area contributed by atoms with E-state index >= 15 is 0 Å². The highest BCUT2D eigenvalue weighted by atomic mass is 16.5. The zero-order valence-corrected chi connectivity index (χ0v) is 13.3. The van der Waals surface area contributed by atoms with Gasteiger partial charge in [-0.25, -0.2) is 0 Å². The third-order valence-electron chi connectivity index (χ3n) is 4.99. The number of benzene rings is 2. The van der Waals surface area contributed by atoms with Gasteiger partial charge in [0.15, 0.2) is 0 Å². The second kappa shape index (κ2) is 7.49. The highest BCUT2D eigenvalue weighted by molar-refractivity contribution is 5.21. The first-order valence-corrected chi connectivity index (χ1v) is 8.58. The molecule has 0 aromatic heterocycles. The van der Waals surface area contributed by atoms with Crippen molar-refractivity contribution in [2.75, 3.05) is 6.61 Å². The molecule has 0 aliphatic heterocycles. The van der Waals surface area contributed by atoms with E-state index in [0.717, 1.165) is 12.4 Å². The van der Waals surface area contributed by atoms with Gasteiger partial charge in [-0.05, 0) is 43.4 Å². The maximum atomic E-state index is 6.14. The van der Waals surface area contributed by atoms with Crippen molar-refractivity contribution in [2.45, 2.75) is 44.9 Å². The summed E-state index contributed by atoms with van der Waals surface area (Å²) in [6, 6.07) is 21.1. The Morgan fingerprint density at radius 2 is 1.41 bits per heavy atom. The fourth-order valence-electron chi connectivity index (χ4n) is 3.58. The van der Waals surface area contributed by atoms with Crippen LogP contribution in [0.15, 0.2) is 60.7 Å². The molecule has 2 aromatic carbocycles. The molecule has 1 heteroatoms. The van der Waals surface area contributed by atoms with Gasteiger partial charge < -0.3 is 4.74 Å². The fourth-order valence-corrected chi connectivity index (χ4v) is 3.58. The van der Waals surface area contributed by atoms with Gasteiger partial charge in [0.2, 0.25) is 0 Å². The van der Waals surface area contributed by atoms with Crippen LogP contribution in [0.4, 0.5) is 0 Å². The summed E-state index contributed by atoms with van der Waals surface area (Å²) in [7, 11) is 0. The fraction of sp³-hybridized carbons (Fsp3) is 0.429. The first-order chi connectivity index (χ1) is 10.9. The maximum Gasteiger partial charge on any atom is 0.119 e. The van der Waals surface area contributed by atoms with Crippen molar-refractivity contribution < 1.29 is 4.74 Å². The predicted molar refractivity (Wildman–Crippen MR) is 92.2 cm³/mol. The van der Waals surface area contributed by atoms with Crippen LogP contribution in [-0.2, 0) is 6.42 Å². The van der Waals surface area contributed by atoms with Crippen molar-refractivity contribution >= 4 is 0 Å². The number of para-hydroxylation sites is 1. The molecular weight excluding hydrogens is 268 g/mol. The van der Waals surface area contributed by atoms with Gasteiger partial charge in [-0.1, -0.05) is 67.8 Å². The van der Waals surface area contributed by atoms with E-state index in [4.69, 9.17) is 4.74 Å². The molecule has 1 saturated carbocycles. The van der Waals surface area contributed by atoms with Gasteiger partial charge >= 0.3 is 0 Å². The van der Waals surface area contributed by atoms with Gasteiger partial charge in [-0.15, -0.1) is 0 Å². The Morgan fingerprint density at radius 1 is 0.773 bits per heavy atom. The van der Waals surface area contributed by atoms with Crippen molar-refractivity contribution in [2.24, 2.45) is 5.41 Å². The van der Waals surface area contributed by atoms with Gasteiger partial charge in [0.1, 0.15) is 5.75 Å². The molecule has 0 heterocycles. The summed E-state index contributed by atoms with van der Waals surface area (Å²) in [5.74, 6) is 1.01. The largest absolute Gasteiger partial charge is 0.493 e. The minimum atomic E-state index is 0.365. The van der Waals surface area contributed by atoms with Crippen molar-refractivity contribution in [3.8, 4) is 5.75 Å². The molecule has 22 heavy (non-hydrogen) atoms. The monoisotopic (exact) mass is 294 g/mol. The zero-order chi connectivity index (χ0) is 15.1. The highest BCUT2D eigenvalue weighted by Gasteiger charge is 2.32. The van der Waals surface area contributed by atoms with Crippen LogP contribution < -0.4 is 4.74 Å². The Kier molecular flexibility index (Phi) is 5.15. The summed E-state index contributed by atoms with van der Waals surface area (Å²) < 4.78 is 6.14. The Hall–Kier alpha value is -1.76. The molecule has 1 nitrogen and oxygen atoms in total. The van der Waals surface area contributed by atoms with Crippen LogP contribution in [0.3, 0.4) is 0 Å². The third kappa shape index (κ3) is 4.13. The maximum absolute atomic E-state index is 6.14. The van der Waals surface area contributed by atoms with Crippen LogP contribution in [-0.4, -0.2) is 6.61 Å². The van der Waals surface area contributed by atoms with Gasteiger partial charge in [0.25, 0.3) is 0 Å². The second-order valence-corrected chi connectivity index (χ2v) is 6.65. The number of ether oxygens (including phenoxy) is 1. The molecular formula is C21H26O. The zero-order valence-electron chi connectivity index (χ0n) is 13.3. The minimum Gasteiger partial charge on any atom is -0.493 e. The lowest BCUT2D eigenvalue weighted by molar-refractivity contribution is 0.0877. The summed E-state index contributed by atoms with van der Waals surface area (Å²) in [6.45, 7) is 0.865. The number of hydrogen-bond acceptors (Lipinski definition) is 1. The van der Waals surface area contributed by atoms with Crippen molar-refractivity contribution in [3.05, 3.63) is 66.2 Å². The molecule has 0 saturated heterocycles. The van der Waals surface area contributed by atoms with Gasteiger partial charge in [0, 0.05) is 5.41 Å². The van der Waals surface area contributed by atoms with Crippen LogP contribution in [0.1, 0.15) is 44.1 Å². The Morgan fingerprint density at radius 3 is 2.09 bits per heavy atom. The first kappa shape index (κ1) is 15.1. The van der Waals surface area contributed by atoms with E-state index in [-0.39, 0.29) is 0 Å². The molecule has 116 valence electrons. The van der Waals surface area contributed by atoms with Gasteiger partial charge in [-0.2, -0.15) is 0 Å². The molecule has 1 aliphatic carbocycles. The molecule has 0 radical (unpaired) electrons. The van der Waals surface area contributed by atoms with E-state index in [9.17, 15) is 0 Å². The van der Waals surface area contributed by atoms with E-state index in [1.807, 2.05) is 18.2 Å². The molecule has 0 spiro atoms. The Bertz CT molecular complexity index is 495. The van der Waals surface area contributed by atoms with E-state index in [1.165, 1.54) is 50.5 Å². The van der Waals surface area contributed by atoms with Crippen LogP contribution in [0.25, 0.3) is 0 Å². The van der Waals surface area contributed by atoms with Gasteiger partial charge in [0.05, 0.1) is 6.61 Å². The summed E-state index contributed by atoms with van der Waals surface area (Å²) in [5.41, 5.74) is 1.82. The lowest BCUT2D eigenvalue weighted by atomic mass is 9.71. The number of aryl methyl sites for hydroxylation is 1. The summed E-state index contributed by atoms with van der Waals surface area (Å²) in [6.07, 6.45) is 9.13. The summed E-state index contributed by atoms with van der Waals surface area (Å²) in [5, 5.41) is 0. The van der Waals surface area contributed by atoms with Crippen LogP contribution >= 0.6 is 0 Å². The van der Waals surface area contributed by atoms with E-state index in [2.05, 4.69) is 42.5 Å². The average Bonchev–Trinajstić information content (AvgIpc) is 2.61. The molecule has 0 unspecified atom stereocenters. The quantitative estimate of drug-likeness (QED) is 0.669. The van der Waals surface area contributed by atoms with Crippen molar-refractivity contribution in [1.82, 2.24) is 0 Å². The summed E-state index contributed by atoms with van der Waals surface area (Å²) in [4.78, 5) is 0. The first-order valence-electron chi connectivity index (χ1n) is 8.58. The Labute approximate surface area is 134 Å². The molecule has 0 bridgehead atoms. The molecule has 3 rings (SSSR count). The number of hydrogen-bond donors (Lipinski definition) is 0. The lowest BCUT2D eigenvalue weighted by Gasteiger charge is -2.37. The van der Waals surface area contributed by atoms with Crippen LogP contribution in [0, 0.1) is 5.41 Å². The molecule has 0 amide bonds. The second-order valence-electron chi connectivity index (χ2n) is 6.65.